The van der Waals surface area contributed by atoms with Crippen molar-refractivity contribution in [2.75, 3.05) is 0 Å². The molecule has 1 atom stereocenters. The Morgan fingerprint density at radius 3 is 2.31 bits per heavy atom. The van der Waals surface area contributed by atoms with E-state index in [1.807, 2.05) is 0 Å². The van der Waals surface area contributed by atoms with Crippen LogP contribution in [-0.4, -0.2) is 6.36 Å². The zero-order valence-electron chi connectivity index (χ0n) is 13.9. The van der Waals surface area contributed by atoms with Gasteiger partial charge in [-0.15, -0.1) is 13.2 Å². The molecule has 2 aromatic carbocycles. The second-order valence-corrected chi connectivity index (χ2v) is 6.33. The lowest BCUT2D eigenvalue weighted by atomic mass is 9.79. The Kier molecular flexibility index (Phi) is 4.90. The molecule has 1 aliphatic carbocycles. The van der Waals surface area contributed by atoms with Crippen LogP contribution in [0.2, 0.25) is 0 Å². The predicted octanol–water partition coefficient (Wildman–Crippen LogP) is 5.84. The lowest BCUT2D eigenvalue weighted by Gasteiger charge is -2.27. The number of alkyl halides is 3. The lowest BCUT2D eigenvalue weighted by molar-refractivity contribution is -0.275. The van der Waals surface area contributed by atoms with Crippen LogP contribution in [-0.2, 0) is 19.3 Å². The van der Waals surface area contributed by atoms with Crippen molar-refractivity contribution in [3.63, 3.8) is 0 Å². The first-order valence-corrected chi connectivity index (χ1v) is 8.23. The Bertz CT molecular complexity index is 805. The summed E-state index contributed by atoms with van der Waals surface area (Å²) in [5.41, 5.74) is 1.03. The zero-order chi connectivity index (χ0) is 19.1. The number of aryl methyl sites for hydroxylation is 1. The van der Waals surface area contributed by atoms with E-state index < -0.39 is 35.5 Å². The molecule has 1 nitrogen and oxygen atoms in total. The van der Waals surface area contributed by atoms with E-state index in [0.29, 0.717) is 17.5 Å². The fourth-order valence-corrected chi connectivity index (χ4v) is 3.47. The minimum Gasteiger partial charge on any atom is -0.403 e. The smallest absolute Gasteiger partial charge is 0.403 e. The third-order valence-electron chi connectivity index (χ3n) is 4.69. The molecule has 1 aliphatic rings. The first-order valence-electron chi connectivity index (χ1n) is 8.23. The van der Waals surface area contributed by atoms with Crippen molar-refractivity contribution in [3.8, 4) is 5.75 Å². The molecule has 26 heavy (non-hydrogen) atoms. The number of rotatable bonds is 3. The quantitative estimate of drug-likeness (QED) is 0.614. The maximum absolute atomic E-state index is 14.3. The second-order valence-electron chi connectivity index (χ2n) is 6.33. The number of hydrogen-bond acceptors (Lipinski definition) is 1. The molecule has 0 bridgehead atoms. The molecule has 3 rings (SSSR count). The molecule has 0 heterocycles. The maximum atomic E-state index is 14.3. The van der Waals surface area contributed by atoms with Gasteiger partial charge in [-0.25, -0.2) is 13.2 Å². The van der Waals surface area contributed by atoms with E-state index in [1.165, 1.54) is 18.2 Å². The largest absolute Gasteiger partial charge is 0.573 e. The van der Waals surface area contributed by atoms with E-state index in [9.17, 15) is 26.3 Å². The second kappa shape index (κ2) is 6.85. The first-order chi connectivity index (χ1) is 12.2. The van der Waals surface area contributed by atoms with E-state index in [1.54, 1.807) is 6.92 Å². The number of ether oxygens (including phenoxy) is 1. The molecule has 2 aromatic rings. The molecule has 140 valence electrons. The molecular formula is C19H16F6O. The molecule has 0 fully saturated rings. The number of halogens is 6. The normalized spacial score (nSPS) is 17.1. The zero-order valence-corrected chi connectivity index (χ0v) is 13.9. The fourth-order valence-electron chi connectivity index (χ4n) is 3.47. The van der Waals surface area contributed by atoms with Crippen molar-refractivity contribution < 1.29 is 31.1 Å². The van der Waals surface area contributed by atoms with Crippen LogP contribution < -0.4 is 4.74 Å². The summed E-state index contributed by atoms with van der Waals surface area (Å²) in [6.07, 6.45) is -4.03. The van der Waals surface area contributed by atoms with Gasteiger partial charge in [0.2, 0.25) is 0 Å². The van der Waals surface area contributed by atoms with Crippen molar-refractivity contribution in [2.24, 2.45) is 0 Å². The minimum absolute atomic E-state index is 0.0520. The Morgan fingerprint density at radius 2 is 1.73 bits per heavy atom. The van der Waals surface area contributed by atoms with Gasteiger partial charge in [-0.05, 0) is 66.5 Å². The van der Waals surface area contributed by atoms with Crippen LogP contribution in [0.5, 0.6) is 5.75 Å². The Hall–Kier alpha value is -2.18. The van der Waals surface area contributed by atoms with Crippen LogP contribution in [0, 0.1) is 17.5 Å². The molecule has 0 aromatic heterocycles. The van der Waals surface area contributed by atoms with E-state index in [4.69, 9.17) is 0 Å². The van der Waals surface area contributed by atoms with Crippen molar-refractivity contribution in [1.82, 2.24) is 0 Å². The van der Waals surface area contributed by atoms with Gasteiger partial charge < -0.3 is 4.74 Å². The number of benzene rings is 2. The highest BCUT2D eigenvalue weighted by Crippen LogP contribution is 2.39. The third kappa shape index (κ3) is 3.66. The molecule has 0 saturated carbocycles. The van der Waals surface area contributed by atoms with Crippen LogP contribution in [0.1, 0.15) is 41.5 Å². The minimum atomic E-state index is -4.99. The molecule has 1 unspecified atom stereocenters. The van der Waals surface area contributed by atoms with Gasteiger partial charge in [0, 0.05) is 5.56 Å². The van der Waals surface area contributed by atoms with E-state index in [-0.39, 0.29) is 30.4 Å². The fraction of sp³-hybridized carbons (Fsp3) is 0.368. The summed E-state index contributed by atoms with van der Waals surface area (Å²) in [5.74, 6) is -3.75. The molecule has 0 aliphatic heterocycles. The summed E-state index contributed by atoms with van der Waals surface area (Å²) in [6.45, 7) is 1.79. The third-order valence-corrected chi connectivity index (χ3v) is 4.69. The van der Waals surface area contributed by atoms with E-state index >= 15 is 0 Å². The number of hydrogen-bond donors (Lipinski definition) is 0. The van der Waals surface area contributed by atoms with Gasteiger partial charge in [-0.1, -0.05) is 13.0 Å². The Balaban J connectivity index is 1.91. The highest BCUT2D eigenvalue weighted by molar-refractivity contribution is 5.42. The standard InChI is InChI=1S/C19H16F6O/c1-2-10-7-14(20)17(15(21)8-10)12-3-5-13-11(9-12)4-6-16(18(13)22)26-19(23,24)25/h4,6-8,12H,2-3,5,9H2,1H3. The molecule has 0 amide bonds. The Morgan fingerprint density at radius 1 is 1.08 bits per heavy atom. The van der Waals surface area contributed by atoms with Crippen LogP contribution in [0.15, 0.2) is 24.3 Å². The summed E-state index contributed by atoms with van der Waals surface area (Å²) in [4.78, 5) is 0. The topological polar surface area (TPSA) is 9.23 Å². The van der Waals surface area contributed by atoms with Crippen LogP contribution in [0.25, 0.3) is 0 Å². The lowest BCUT2D eigenvalue weighted by Crippen LogP contribution is -2.20. The molecule has 7 heteroatoms. The summed E-state index contributed by atoms with van der Waals surface area (Å²) >= 11 is 0. The first kappa shape index (κ1) is 18.6. The summed E-state index contributed by atoms with van der Waals surface area (Å²) in [5, 5.41) is 0. The number of fused-ring (bicyclic) bond motifs is 1. The Labute approximate surface area is 146 Å². The van der Waals surface area contributed by atoms with Gasteiger partial charge in [0.1, 0.15) is 11.6 Å². The monoisotopic (exact) mass is 374 g/mol. The highest BCUT2D eigenvalue weighted by atomic mass is 19.4. The van der Waals surface area contributed by atoms with Gasteiger partial charge in [-0.2, -0.15) is 0 Å². The van der Waals surface area contributed by atoms with Gasteiger partial charge in [0.05, 0.1) is 0 Å². The molecule has 0 radical (unpaired) electrons. The summed E-state index contributed by atoms with van der Waals surface area (Å²) < 4.78 is 83.6. The average molecular weight is 374 g/mol. The molecule has 0 N–H and O–H groups in total. The van der Waals surface area contributed by atoms with E-state index in [2.05, 4.69) is 4.74 Å². The van der Waals surface area contributed by atoms with Gasteiger partial charge in [0.25, 0.3) is 0 Å². The van der Waals surface area contributed by atoms with Crippen molar-refractivity contribution in [1.29, 1.82) is 0 Å². The van der Waals surface area contributed by atoms with Gasteiger partial charge in [-0.3, -0.25) is 0 Å². The highest BCUT2D eigenvalue weighted by Gasteiger charge is 2.34. The summed E-state index contributed by atoms with van der Waals surface area (Å²) in [7, 11) is 0. The van der Waals surface area contributed by atoms with Crippen molar-refractivity contribution >= 4 is 0 Å². The molecular weight excluding hydrogens is 358 g/mol. The summed E-state index contributed by atoms with van der Waals surface area (Å²) in [6, 6.07) is 4.79. The van der Waals surface area contributed by atoms with Crippen molar-refractivity contribution in [2.45, 2.75) is 44.9 Å². The molecule has 0 saturated heterocycles. The van der Waals surface area contributed by atoms with Gasteiger partial charge in [0.15, 0.2) is 11.6 Å². The van der Waals surface area contributed by atoms with Crippen LogP contribution >= 0.6 is 0 Å². The van der Waals surface area contributed by atoms with E-state index in [0.717, 1.165) is 6.07 Å². The molecule has 0 spiro atoms. The van der Waals surface area contributed by atoms with Crippen molar-refractivity contribution in [3.05, 3.63) is 64.0 Å². The SMILES string of the molecule is CCc1cc(F)c(C2CCc3c(ccc(OC(F)(F)F)c3F)C2)c(F)c1. The predicted molar refractivity (Wildman–Crippen MR) is 83.6 cm³/mol. The van der Waals surface area contributed by atoms with Gasteiger partial charge >= 0.3 is 6.36 Å². The average Bonchev–Trinajstić information content (AvgIpc) is 2.55. The van der Waals surface area contributed by atoms with Crippen LogP contribution in [0.4, 0.5) is 26.3 Å². The maximum Gasteiger partial charge on any atom is 0.573 e. The van der Waals surface area contributed by atoms with Crippen LogP contribution in [0.3, 0.4) is 0 Å².